The minimum atomic E-state index is -0.440. The second kappa shape index (κ2) is 12.1. The maximum atomic E-state index is 13.3. The summed E-state index contributed by atoms with van der Waals surface area (Å²) >= 11 is 7.43. The summed E-state index contributed by atoms with van der Waals surface area (Å²) in [4.78, 5) is 48.7. The molecule has 0 bridgehead atoms. The highest BCUT2D eigenvalue weighted by Crippen LogP contribution is 2.29. The van der Waals surface area contributed by atoms with Crippen LogP contribution in [0.5, 0.6) is 0 Å². The molecule has 1 fully saturated rings. The molecule has 13 heteroatoms. The Morgan fingerprint density at radius 3 is 2.62 bits per heavy atom. The lowest BCUT2D eigenvalue weighted by molar-refractivity contribution is -0.134. The molecule has 3 atom stereocenters. The molecule has 10 nitrogen and oxygen atoms in total. The van der Waals surface area contributed by atoms with E-state index in [2.05, 4.69) is 37.8 Å². The summed E-state index contributed by atoms with van der Waals surface area (Å²) in [6, 6.07) is 6.06. The molecule has 39 heavy (non-hydrogen) atoms. The van der Waals surface area contributed by atoms with Crippen molar-refractivity contribution in [3.8, 4) is 0 Å². The molecule has 5 rings (SSSR count). The molecule has 3 amide bonds. The molecule has 3 aromatic rings. The van der Waals surface area contributed by atoms with E-state index < -0.39 is 6.04 Å². The Kier molecular flexibility index (Phi) is 9.05. The first kappa shape index (κ1) is 29.1. The first-order chi connectivity index (χ1) is 18.2. The molecule has 0 unspecified atom stereocenters. The van der Waals surface area contributed by atoms with Gasteiger partial charge in [0, 0.05) is 60.9 Å². The standard InChI is InChI=1S/C26H30ClN7O3S.ClH/c1-33(2)26(37)15-5-7-17(28-23(35)21-10-14-4-6-16(27)12-19(14)31-32-21)20(11-15)29-24(36)25-30-18-8-9-34(3)13-22(18)38-25;/h4,6,10,12,15,17,20H,5,7-9,11,13H2,1-3H3,(H,28,35)(H,29,36);1H/t15-,17-,20-;/m0./s1. The van der Waals surface area contributed by atoms with Gasteiger partial charge in [-0.05, 0) is 44.5 Å². The zero-order chi connectivity index (χ0) is 27.0. The van der Waals surface area contributed by atoms with E-state index in [-0.39, 0.29) is 47.8 Å². The molecule has 0 spiro atoms. The SMILES string of the molecule is CN1CCc2nc(C(=O)N[C@H]3C[C@@H](C(=O)N(C)C)CC[C@@H]3NC(=O)c3cc4ccc(Cl)cc4nn3)sc2C1.Cl. The van der Waals surface area contributed by atoms with E-state index >= 15 is 0 Å². The smallest absolute Gasteiger partial charge is 0.280 e. The van der Waals surface area contributed by atoms with Gasteiger partial charge < -0.3 is 20.4 Å². The van der Waals surface area contributed by atoms with E-state index in [9.17, 15) is 14.4 Å². The minimum absolute atomic E-state index is 0. The number of carbonyl (C=O) groups excluding carboxylic acids is 3. The predicted molar refractivity (Wildman–Crippen MR) is 152 cm³/mol. The number of hydrogen-bond acceptors (Lipinski definition) is 8. The number of benzene rings is 1. The molecule has 0 radical (unpaired) electrons. The minimum Gasteiger partial charge on any atom is -0.349 e. The average Bonchev–Trinajstić information content (AvgIpc) is 3.32. The van der Waals surface area contributed by atoms with E-state index in [0.717, 1.165) is 35.5 Å². The largest absolute Gasteiger partial charge is 0.349 e. The van der Waals surface area contributed by atoms with Crippen LogP contribution in [-0.2, 0) is 17.8 Å². The van der Waals surface area contributed by atoms with Gasteiger partial charge in [0.2, 0.25) is 5.91 Å². The summed E-state index contributed by atoms with van der Waals surface area (Å²) in [6.45, 7) is 1.69. The number of amides is 3. The fraction of sp³-hybridized carbons (Fsp3) is 0.462. The van der Waals surface area contributed by atoms with Gasteiger partial charge in [0.1, 0.15) is 0 Å². The highest BCUT2D eigenvalue weighted by molar-refractivity contribution is 7.13. The summed E-state index contributed by atoms with van der Waals surface area (Å²) in [7, 11) is 5.51. The molecule has 1 aromatic carbocycles. The van der Waals surface area contributed by atoms with Crippen LogP contribution in [0.3, 0.4) is 0 Å². The number of halogens is 2. The quantitative estimate of drug-likeness (QED) is 0.468. The lowest BCUT2D eigenvalue weighted by Crippen LogP contribution is -2.56. The highest BCUT2D eigenvalue weighted by atomic mass is 35.5. The number of carbonyl (C=O) groups is 3. The molecule has 1 saturated carbocycles. The van der Waals surface area contributed by atoms with Gasteiger partial charge in [-0.25, -0.2) is 4.98 Å². The van der Waals surface area contributed by atoms with Crippen molar-refractivity contribution in [3.63, 3.8) is 0 Å². The molecule has 208 valence electrons. The van der Waals surface area contributed by atoms with Gasteiger partial charge in [0.25, 0.3) is 11.8 Å². The van der Waals surface area contributed by atoms with Gasteiger partial charge in [-0.2, -0.15) is 0 Å². The van der Waals surface area contributed by atoms with E-state index in [1.165, 1.54) is 11.3 Å². The Balaban J connectivity index is 0.00000353. The monoisotopic (exact) mass is 591 g/mol. The number of nitrogens with zero attached hydrogens (tertiary/aromatic N) is 5. The lowest BCUT2D eigenvalue weighted by atomic mass is 9.81. The van der Waals surface area contributed by atoms with Crippen molar-refractivity contribution in [2.24, 2.45) is 5.92 Å². The average molecular weight is 593 g/mol. The third kappa shape index (κ3) is 6.49. The summed E-state index contributed by atoms with van der Waals surface area (Å²) < 4.78 is 0. The van der Waals surface area contributed by atoms with Gasteiger partial charge in [0.15, 0.2) is 10.7 Å². The lowest BCUT2D eigenvalue weighted by Gasteiger charge is -2.37. The van der Waals surface area contributed by atoms with Crippen LogP contribution in [0.1, 0.15) is 50.1 Å². The fourth-order valence-electron chi connectivity index (χ4n) is 5.11. The van der Waals surface area contributed by atoms with Crippen LogP contribution in [0.4, 0.5) is 0 Å². The number of fused-ring (bicyclic) bond motifs is 2. The molecule has 2 aliphatic rings. The van der Waals surface area contributed by atoms with E-state index in [4.69, 9.17) is 11.6 Å². The summed E-state index contributed by atoms with van der Waals surface area (Å²) in [5, 5.41) is 16.0. The molecule has 0 saturated heterocycles. The second-order valence-corrected chi connectivity index (χ2v) is 11.7. The van der Waals surface area contributed by atoms with Crippen molar-refractivity contribution in [1.29, 1.82) is 0 Å². The number of aromatic nitrogens is 3. The fourth-order valence-corrected chi connectivity index (χ4v) is 6.36. The van der Waals surface area contributed by atoms with Gasteiger partial charge in [-0.3, -0.25) is 14.4 Å². The van der Waals surface area contributed by atoms with E-state index in [0.29, 0.717) is 34.8 Å². The number of likely N-dealkylation sites (N-methyl/N-ethyl adjacent to an activating group) is 1. The first-order valence-electron chi connectivity index (χ1n) is 12.6. The number of thiazole rings is 1. The third-order valence-corrected chi connectivity index (χ3v) is 8.49. The Bertz CT molecular complexity index is 1400. The molecule has 1 aliphatic heterocycles. The Labute approximate surface area is 241 Å². The van der Waals surface area contributed by atoms with Crippen LogP contribution in [0.2, 0.25) is 5.02 Å². The van der Waals surface area contributed by atoms with Crippen molar-refractivity contribution < 1.29 is 14.4 Å². The third-order valence-electron chi connectivity index (χ3n) is 7.17. The molecule has 1 aliphatic carbocycles. The van der Waals surface area contributed by atoms with E-state index in [1.54, 1.807) is 43.3 Å². The molecule has 2 N–H and O–H groups in total. The van der Waals surface area contributed by atoms with E-state index in [1.807, 2.05) is 0 Å². The Morgan fingerprint density at radius 1 is 1.08 bits per heavy atom. The van der Waals surface area contributed by atoms with Crippen molar-refractivity contribution in [3.05, 3.63) is 50.6 Å². The molecule has 3 heterocycles. The van der Waals surface area contributed by atoms with Crippen LogP contribution >= 0.6 is 35.3 Å². The van der Waals surface area contributed by atoms with Crippen molar-refractivity contribution in [1.82, 2.24) is 35.6 Å². The van der Waals surface area contributed by atoms with Gasteiger partial charge >= 0.3 is 0 Å². The Hall–Kier alpha value is -2.86. The van der Waals surface area contributed by atoms with Crippen LogP contribution in [-0.4, -0.2) is 82.5 Å². The summed E-state index contributed by atoms with van der Waals surface area (Å²) in [5.41, 5.74) is 1.75. The zero-order valence-electron chi connectivity index (χ0n) is 21.9. The number of hydrogen-bond donors (Lipinski definition) is 2. The van der Waals surface area contributed by atoms with Gasteiger partial charge in [0.05, 0.1) is 17.3 Å². The van der Waals surface area contributed by atoms with Crippen molar-refractivity contribution >= 4 is 64.0 Å². The van der Waals surface area contributed by atoms with Crippen LogP contribution in [0, 0.1) is 5.92 Å². The van der Waals surface area contributed by atoms with Crippen LogP contribution < -0.4 is 10.6 Å². The zero-order valence-corrected chi connectivity index (χ0v) is 24.3. The molecular weight excluding hydrogens is 561 g/mol. The maximum Gasteiger partial charge on any atom is 0.280 e. The molecular formula is C26H31Cl2N7O3S. The van der Waals surface area contributed by atoms with Gasteiger partial charge in [-0.1, -0.05) is 17.7 Å². The first-order valence-corrected chi connectivity index (χ1v) is 13.8. The van der Waals surface area contributed by atoms with Crippen LogP contribution in [0.15, 0.2) is 24.3 Å². The van der Waals surface area contributed by atoms with Crippen molar-refractivity contribution in [2.45, 2.75) is 44.3 Å². The normalized spacial score (nSPS) is 21.0. The number of rotatable bonds is 5. The predicted octanol–water partition coefficient (Wildman–Crippen LogP) is 2.93. The maximum absolute atomic E-state index is 13.3. The Morgan fingerprint density at radius 2 is 1.85 bits per heavy atom. The highest BCUT2D eigenvalue weighted by Gasteiger charge is 2.37. The number of nitrogens with one attached hydrogen (secondary N) is 2. The summed E-state index contributed by atoms with van der Waals surface area (Å²) in [6.07, 6.45) is 2.38. The van der Waals surface area contributed by atoms with Crippen molar-refractivity contribution in [2.75, 3.05) is 27.7 Å². The van der Waals surface area contributed by atoms with Gasteiger partial charge in [-0.15, -0.1) is 33.9 Å². The van der Waals surface area contributed by atoms with Crippen LogP contribution in [0.25, 0.3) is 10.9 Å². The topological polar surface area (TPSA) is 120 Å². The molecule has 2 aromatic heterocycles. The second-order valence-electron chi connectivity index (χ2n) is 10.2. The summed E-state index contributed by atoms with van der Waals surface area (Å²) in [5.74, 6) is -0.895.